The van der Waals surface area contributed by atoms with Crippen LogP contribution in [0.3, 0.4) is 0 Å². The summed E-state index contributed by atoms with van der Waals surface area (Å²) >= 11 is 3.51. The lowest BCUT2D eigenvalue weighted by molar-refractivity contribution is -0.132. The van der Waals surface area contributed by atoms with Gasteiger partial charge in [-0.3, -0.25) is 19.5 Å². The van der Waals surface area contributed by atoms with Crippen LogP contribution < -0.4 is 5.73 Å². The van der Waals surface area contributed by atoms with Gasteiger partial charge in [0.1, 0.15) is 0 Å². The van der Waals surface area contributed by atoms with Gasteiger partial charge in [0.2, 0.25) is 0 Å². The van der Waals surface area contributed by atoms with E-state index in [-0.39, 0.29) is 36.3 Å². The average molecular weight is 526 g/mol. The highest BCUT2D eigenvalue weighted by molar-refractivity contribution is 9.10. The molecule has 2 atom stereocenters. The van der Waals surface area contributed by atoms with E-state index in [1.54, 1.807) is 25.6 Å². The molecule has 1 aliphatic carbocycles. The molecule has 1 aromatic heterocycles. The van der Waals surface area contributed by atoms with E-state index in [9.17, 15) is 9.59 Å². The number of aromatic nitrogens is 1. The number of benzene rings is 1. The first kappa shape index (κ1) is 23.0. The van der Waals surface area contributed by atoms with Gasteiger partial charge in [-0.1, -0.05) is 28.1 Å². The number of amides is 2. The first-order valence-electron chi connectivity index (χ1n) is 11.6. The van der Waals surface area contributed by atoms with E-state index in [1.165, 1.54) is 4.90 Å². The summed E-state index contributed by atoms with van der Waals surface area (Å²) in [5.74, 6) is 0.150. The van der Waals surface area contributed by atoms with Gasteiger partial charge < -0.3 is 15.4 Å². The number of nitrogens with two attached hydrogens (primary N) is 1. The second-order valence-electron chi connectivity index (χ2n) is 9.24. The predicted octanol–water partition coefficient (Wildman–Crippen LogP) is 3.06. The Kier molecular flexibility index (Phi) is 6.16. The molecular weight excluding hydrogens is 498 g/mol. The molecule has 178 valence electrons. The van der Waals surface area contributed by atoms with Crippen LogP contribution in [0.1, 0.15) is 47.2 Å². The first-order valence-corrected chi connectivity index (χ1v) is 12.4. The molecule has 34 heavy (non-hydrogen) atoms. The van der Waals surface area contributed by atoms with E-state index in [0.29, 0.717) is 18.7 Å². The molecule has 1 saturated heterocycles. The molecule has 1 saturated carbocycles. The van der Waals surface area contributed by atoms with Crippen molar-refractivity contribution in [3.05, 3.63) is 63.9 Å². The van der Waals surface area contributed by atoms with Gasteiger partial charge in [0.25, 0.3) is 11.8 Å². The fraction of sp³-hybridized carbons (Fsp3) is 0.440. The normalized spacial score (nSPS) is 24.6. The lowest BCUT2D eigenvalue weighted by Gasteiger charge is -2.27. The largest absolute Gasteiger partial charge is 0.383 e. The van der Waals surface area contributed by atoms with E-state index in [1.807, 2.05) is 29.2 Å². The molecule has 3 heterocycles. The van der Waals surface area contributed by atoms with Crippen LogP contribution in [0.15, 0.2) is 52.2 Å². The number of ether oxygens (including phenoxy) is 1. The standard InChI is InChI=1S/C25H28BrN5O3/c1-34-15-21-6-3-9-30(21)22(32)17-10-16(12-28-13-17)14-31-23(33)25(18-7-8-18,29-24(31)27)19-4-2-5-20(26)11-19/h2,4-5,10-13,18,21H,3,6-9,14-15H2,1H3,(H2,27,29). The third-order valence-electron chi connectivity index (χ3n) is 6.95. The van der Waals surface area contributed by atoms with Gasteiger partial charge in [0, 0.05) is 30.5 Å². The molecule has 0 radical (unpaired) electrons. The lowest BCUT2D eigenvalue weighted by atomic mass is 9.85. The number of carbonyl (C=O) groups excluding carboxylic acids is 2. The van der Waals surface area contributed by atoms with Crippen molar-refractivity contribution in [2.45, 2.75) is 43.8 Å². The maximum Gasteiger partial charge on any atom is 0.262 e. The van der Waals surface area contributed by atoms with Crippen LogP contribution in [0.25, 0.3) is 0 Å². The van der Waals surface area contributed by atoms with Gasteiger partial charge in [-0.05, 0) is 60.9 Å². The summed E-state index contributed by atoms with van der Waals surface area (Å²) in [7, 11) is 1.65. The van der Waals surface area contributed by atoms with Crippen molar-refractivity contribution in [2.75, 3.05) is 20.3 Å². The van der Waals surface area contributed by atoms with Crippen molar-refractivity contribution >= 4 is 33.7 Å². The van der Waals surface area contributed by atoms with Gasteiger partial charge >= 0.3 is 0 Å². The minimum atomic E-state index is -0.988. The summed E-state index contributed by atoms with van der Waals surface area (Å²) < 4.78 is 6.18. The number of nitrogens with zero attached hydrogens (tertiary/aromatic N) is 4. The van der Waals surface area contributed by atoms with Gasteiger partial charge in [-0.25, -0.2) is 4.99 Å². The minimum Gasteiger partial charge on any atom is -0.383 e. The molecule has 2 fully saturated rings. The third kappa shape index (κ3) is 4.01. The number of carbonyl (C=O) groups is 2. The van der Waals surface area contributed by atoms with Crippen LogP contribution in [0.2, 0.25) is 0 Å². The van der Waals surface area contributed by atoms with E-state index in [2.05, 4.69) is 20.9 Å². The summed E-state index contributed by atoms with van der Waals surface area (Å²) in [6.45, 7) is 1.44. The number of likely N-dealkylation sites (tertiary alicyclic amines) is 1. The van der Waals surface area contributed by atoms with Crippen LogP contribution in [-0.4, -0.2) is 58.9 Å². The molecule has 2 amide bonds. The van der Waals surface area contributed by atoms with Crippen molar-refractivity contribution in [3.8, 4) is 0 Å². The molecule has 2 unspecified atom stereocenters. The maximum absolute atomic E-state index is 13.8. The smallest absolute Gasteiger partial charge is 0.262 e. The summed E-state index contributed by atoms with van der Waals surface area (Å²) in [6, 6.07) is 9.61. The fourth-order valence-electron chi connectivity index (χ4n) is 5.18. The summed E-state index contributed by atoms with van der Waals surface area (Å²) in [4.78, 5) is 39.4. The van der Waals surface area contributed by atoms with Crippen molar-refractivity contribution in [1.29, 1.82) is 0 Å². The molecule has 8 nitrogen and oxygen atoms in total. The first-order chi connectivity index (χ1) is 16.4. The minimum absolute atomic E-state index is 0.0650. The Bertz CT molecular complexity index is 1150. The van der Waals surface area contributed by atoms with Gasteiger partial charge in [-0.2, -0.15) is 0 Å². The van der Waals surface area contributed by atoms with Gasteiger partial charge in [0.05, 0.1) is 24.8 Å². The predicted molar refractivity (Wildman–Crippen MR) is 131 cm³/mol. The topological polar surface area (TPSA) is 101 Å². The Labute approximate surface area is 207 Å². The SMILES string of the molecule is COCC1CCCN1C(=O)c1cncc(CN2C(=O)C(c3cccc(Br)c3)(C3CC3)N=C2N)c1. The summed E-state index contributed by atoms with van der Waals surface area (Å²) in [6.07, 6.45) is 7.01. The highest BCUT2D eigenvalue weighted by Gasteiger charge is 2.58. The Morgan fingerprint density at radius 1 is 1.26 bits per heavy atom. The van der Waals surface area contributed by atoms with Crippen LogP contribution in [-0.2, 0) is 21.6 Å². The van der Waals surface area contributed by atoms with Crippen LogP contribution in [0, 0.1) is 5.92 Å². The number of methoxy groups -OCH3 is 1. The number of hydrogen-bond acceptors (Lipinski definition) is 6. The van der Waals surface area contributed by atoms with Crippen molar-refractivity contribution in [1.82, 2.24) is 14.8 Å². The fourth-order valence-corrected chi connectivity index (χ4v) is 5.58. The van der Waals surface area contributed by atoms with E-state index in [0.717, 1.165) is 41.3 Å². The summed E-state index contributed by atoms with van der Waals surface area (Å²) in [5, 5.41) is 0. The highest BCUT2D eigenvalue weighted by Crippen LogP contribution is 2.52. The summed E-state index contributed by atoms with van der Waals surface area (Å²) in [5.41, 5.74) is 7.42. The van der Waals surface area contributed by atoms with Crippen LogP contribution >= 0.6 is 15.9 Å². The molecule has 0 spiro atoms. The molecule has 2 N–H and O–H groups in total. The van der Waals surface area contributed by atoms with Crippen LogP contribution in [0.4, 0.5) is 0 Å². The third-order valence-corrected chi connectivity index (χ3v) is 7.44. The highest BCUT2D eigenvalue weighted by atomic mass is 79.9. The number of halogens is 1. The monoisotopic (exact) mass is 525 g/mol. The molecule has 3 aliphatic rings. The number of hydrogen-bond donors (Lipinski definition) is 1. The molecule has 2 aromatic rings. The zero-order valence-electron chi connectivity index (χ0n) is 19.1. The van der Waals surface area contributed by atoms with Crippen molar-refractivity contribution < 1.29 is 14.3 Å². The van der Waals surface area contributed by atoms with Crippen LogP contribution in [0.5, 0.6) is 0 Å². The molecule has 9 heteroatoms. The zero-order valence-corrected chi connectivity index (χ0v) is 20.7. The second-order valence-corrected chi connectivity index (χ2v) is 10.2. The van der Waals surface area contributed by atoms with Gasteiger partial charge in [-0.15, -0.1) is 0 Å². The van der Waals surface area contributed by atoms with E-state index in [4.69, 9.17) is 15.5 Å². The molecular formula is C25H28BrN5O3. The second kappa shape index (κ2) is 9.11. The Hall–Kier alpha value is -2.78. The van der Waals surface area contributed by atoms with Gasteiger partial charge in [0.15, 0.2) is 11.5 Å². The Morgan fingerprint density at radius 3 is 2.82 bits per heavy atom. The molecule has 2 aliphatic heterocycles. The number of guanidine groups is 1. The maximum atomic E-state index is 13.8. The number of aliphatic imine (C=N–C) groups is 1. The quantitative estimate of drug-likeness (QED) is 0.598. The van der Waals surface area contributed by atoms with Crippen molar-refractivity contribution in [2.24, 2.45) is 16.6 Å². The van der Waals surface area contributed by atoms with Crippen molar-refractivity contribution in [3.63, 3.8) is 0 Å². The lowest BCUT2D eigenvalue weighted by Crippen LogP contribution is -2.43. The Morgan fingerprint density at radius 2 is 2.09 bits per heavy atom. The molecule has 0 bridgehead atoms. The molecule has 5 rings (SSSR count). The molecule has 1 aromatic carbocycles. The average Bonchev–Trinajstić information content (AvgIpc) is 3.53. The van der Waals surface area contributed by atoms with E-state index >= 15 is 0 Å². The zero-order chi connectivity index (χ0) is 23.9. The number of rotatable bonds is 7. The Balaban J connectivity index is 1.39. The number of pyridine rings is 1. The van der Waals surface area contributed by atoms with E-state index < -0.39 is 5.54 Å².